The minimum absolute atomic E-state index is 0. The fraction of sp³-hybridized carbons (Fsp3) is 0.636. The molecule has 0 aromatic carbocycles. The van der Waals surface area contributed by atoms with Crippen LogP contribution < -0.4 is 0 Å². The standard InChI is InChI=1S/C9H16.C8H12.C2H6.C2H2.CH4/c1-7-4-5-8(2)9(3)6-7;1-7-3-5-8(2)6-4-7;2*1-2;/h6-8H,4-5H2,1-3H3;3,5H,4,6H2,1-2H3;1-2H3;1-2H;1H4. The normalized spacial score (nSPS) is 22.3. The number of terminal acetylenes is 1. The molecule has 2 atom stereocenters. The summed E-state index contributed by atoms with van der Waals surface area (Å²) >= 11 is 0. The molecule has 22 heavy (non-hydrogen) atoms. The zero-order valence-corrected chi connectivity index (χ0v) is 15.4. The lowest BCUT2D eigenvalue weighted by atomic mass is 9.85. The van der Waals surface area contributed by atoms with Crippen LogP contribution in [-0.2, 0) is 0 Å². The van der Waals surface area contributed by atoms with Crippen LogP contribution in [-0.4, -0.2) is 0 Å². The third kappa shape index (κ3) is 12.5. The van der Waals surface area contributed by atoms with E-state index in [4.69, 9.17) is 0 Å². The van der Waals surface area contributed by atoms with E-state index in [2.05, 4.69) is 65.7 Å². The lowest BCUT2D eigenvalue weighted by Crippen LogP contribution is -2.07. The molecule has 0 N–H and O–H groups in total. The fourth-order valence-corrected chi connectivity index (χ4v) is 2.28. The molecule has 0 heterocycles. The first kappa shape index (κ1) is 25.7. The first-order valence-electron chi connectivity index (χ1n) is 8.33. The maximum Gasteiger partial charge on any atom is -0.0234 e. The van der Waals surface area contributed by atoms with Crippen molar-refractivity contribution in [1.29, 1.82) is 0 Å². The molecule has 0 radical (unpaired) electrons. The SMILES string of the molecule is C.C#C.CC.CC1=CC(C)CCC1C.CC1=CC=C(C)CC1. The molecular formula is C22H40. The molecule has 0 nitrogen and oxygen atoms in total. The molecular weight excluding hydrogens is 264 g/mol. The average molecular weight is 305 g/mol. The molecule has 2 aliphatic rings. The molecule has 128 valence electrons. The minimum Gasteiger partial charge on any atom is -0.124 e. The highest BCUT2D eigenvalue weighted by Crippen LogP contribution is 2.26. The van der Waals surface area contributed by atoms with Crippen molar-refractivity contribution in [1.82, 2.24) is 0 Å². The highest BCUT2D eigenvalue weighted by molar-refractivity contribution is 5.20. The molecule has 0 heteroatoms. The molecule has 0 spiro atoms. The fourth-order valence-electron chi connectivity index (χ4n) is 2.28. The molecule has 2 unspecified atom stereocenters. The Morgan fingerprint density at radius 1 is 0.864 bits per heavy atom. The third-order valence-electron chi connectivity index (χ3n) is 3.95. The second-order valence-electron chi connectivity index (χ2n) is 5.89. The number of allylic oxidation sites excluding steroid dienone is 6. The van der Waals surface area contributed by atoms with E-state index >= 15 is 0 Å². The van der Waals surface area contributed by atoms with Gasteiger partial charge in [-0.2, -0.15) is 0 Å². The van der Waals surface area contributed by atoms with Crippen LogP contribution in [0, 0.1) is 24.7 Å². The molecule has 2 rings (SSSR count). The van der Waals surface area contributed by atoms with Crippen LogP contribution in [0.5, 0.6) is 0 Å². The average Bonchev–Trinajstić information content (AvgIpc) is 2.51. The van der Waals surface area contributed by atoms with Gasteiger partial charge in [-0.25, -0.2) is 0 Å². The van der Waals surface area contributed by atoms with Crippen molar-refractivity contribution in [2.75, 3.05) is 0 Å². The van der Waals surface area contributed by atoms with Crippen LogP contribution in [0.15, 0.2) is 34.9 Å². The largest absolute Gasteiger partial charge is 0.124 e. The second-order valence-corrected chi connectivity index (χ2v) is 5.89. The van der Waals surface area contributed by atoms with Crippen LogP contribution in [0.1, 0.15) is 81.6 Å². The van der Waals surface area contributed by atoms with Crippen molar-refractivity contribution >= 4 is 0 Å². The summed E-state index contributed by atoms with van der Waals surface area (Å²) in [6.07, 6.45) is 20.1. The zero-order chi connectivity index (χ0) is 16.8. The van der Waals surface area contributed by atoms with Crippen molar-refractivity contribution in [2.24, 2.45) is 11.8 Å². The highest BCUT2D eigenvalue weighted by atomic mass is 14.2. The Morgan fingerprint density at radius 2 is 1.27 bits per heavy atom. The number of hydrogen-bond donors (Lipinski definition) is 0. The second kappa shape index (κ2) is 16.2. The molecule has 0 aromatic heterocycles. The summed E-state index contributed by atoms with van der Waals surface area (Å²) in [5.74, 6) is 1.68. The van der Waals surface area contributed by atoms with Gasteiger partial charge in [0, 0.05) is 0 Å². The third-order valence-corrected chi connectivity index (χ3v) is 3.95. The van der Waals surface area contributed by atoms with Gasteiger partial charge in [0.2, 0.25) is 0 Å². The molecule has 0 saturated heterocycles. The van der Waals surface area contributed by atoms with E-state index in [0.717, 1.165) is 11.8 Å². The van der Waals surface area contributed by atoms with Gasteiger partial charge >= 0.3 is 0 Å². The van der Waals surface area contributed by atoms with Gasteiger partial charge in [0.15, 0.2) is 0 Å². The first-order chi connectivity index (χ1) is 9.99. The first-order valence-corrected chi connectivity index (χ1v) is 8.33. The van der Waals surface area contributed by atoms with Crippen molar-refractivity contribution in [3.05, 3.63) is 34.9 Å². The van der Waals surface area contributed by atoms with Crippen LogP contribution in [0.3, 0.4) is 0 Å². The van der Waals surface area contributed by atoms with Gasteiger partial charge in [-0.15, -0.1) is 12.8 Å². The Hall–Kier alpha value is -1.22. The lowest BCUT2D eigenvalue weighted by molar-refractivity contribution is 0.479. The van der Waals surface area contributed by atoms with Gasteiger partial charge in [0.05, 0.1) is 0 Å². The Bertz CT molecular complexity index is 345. The van der Waals surface area contributed by atoms with Crippen LogP contribution in [0.25, 0.3) is 0 Å². The van der Waals surface area contributed by atoms with Crippen LogP contribution in [0.2, 0.25) is 0 Å². The molecule has 2 aliphatic carbocycles. The van der Waals surface area contributed by atoms with Gasteiger partial charge in [0.1, 0.15) is 0 Å². The van der Waals surface area contributed by atoms with E-state index in [1.807, 2.05) is 13.8 Å². The van der Waals surface area contributed by atoms with Crippen LogP contribution >= 0.6 is 0 Å². The lowest BCUT2D eigenvalue weighted by Gasteiger charge is -2.21. The van der Waals surface area contributed by atoms with Gasteiger partial charge < -0.3 is 0 Å². The summed E-state index contributed by atoms with van der Waals surface area (Å²) in [6, 6.07) is 0. The topological polar surface area (TPSA) is 0 Å². The van der Waals surface area contributed by atoms with E-state index in [1.165, 1.54) is 36.8 Å². The van der Waals surface area contributed by atoms with E-state index < -0.39 is 0 Å². The summed E-state index contributed by atoms with van der Waals surface area (Å²) in [7, 11) is 0. The van der Waals surface area contributed by atoms with Gasteiger partial charge in [-0.1, -0.05) is 70.1 Å². The van der Waals surface area contributed by atoms with Gasteiger partial charge in [0.25, 0.3) is 0 Å². The number of rotatable bonds is 0. The summed E-state index contributed by atoms with van der Waals surface area (Å²) in [5.41, 5.74) is 4.61. The zero-order valence-electron chi connectivity index (χ0n) is 15.4. The minimum atomic E-state index is 0. The summed E-state index contributed by atoms with van der Waals surface area (Å²) in [4.78, 5) is 0. The summed E-state index contributed by atoms with van der Waals surface area (Å²) in [5, 5.41) is 0. The monoisotopic (exact) mass is 304 g/mol. The van der Waals surface area contributed by atoms with Crippen molar-refractivity contribution in [3.63, 3.8) is 0 Å². The van der Waals surface area contributed by atoms with Gasteiger partial charge in [-0.3, -0.25) is 0 Å². The van der Waals surface area contributed by atoms with Crippen molar-refractivity contribution < 1.29 is 0 Å². The quantitative estimate of drug-likeness (QED) is 0.319. The summed E-state index contributed by atoms with van der Waals surface area (Å²) in [6.45, 7) is 15.2. The van der Waals surface area contributed by atoms with Crippen LogP contribution in [0.4, 0.5) is 0 Å². The molecule has 0 aromatic rings. The maximum atomic E-state index is 4.00. The van der Waals surface area contributed by atoms with E-state index in [1.54, 1.807) is 5.57 Å². The maximum absolute atomic E-state index is 4.00. The van der Waals surface area contributed by atoms with Crippen molar-refractivity contribution in [3.8, 4) is 12.8 Å². The Kier molecular flexibility index (Phi) is 18.9. The molecule has 0 fully saturated rings. The summed E-state index contributed by atoms with van der Waals surface area (Å²) < 4.78 is 0. The van der Waals surface area contributed by atoms with E-state index in [9.17, 15) is 0 Å². The molecule has 0 aliphatic heterocycles. The van der Waals surface area contributed by atoms with Gasteiger partial charge in [-0.05, 0) is 58.3 Å². The van der Waals surface area contributed by atoms with Crippen molar-refractivity contribution in [2.45, 2.75) is 81.6 Å². The Labute approximate surface area is 141 Å². The molecule has 0 amide bonds. The number of hydrogen-bond acceptors (Lipinski definition) is 0. The predicted molar refractivity (Wildman–Crippen MR) is 106 cm³/mol. The predicted octanol–water partition coefficient (Wildman–Crippen LogP) is 7.58. The van der Waals surface area contributed by atoms with E-state index in [0.29, 0.717) is 0 Å². The molecule has 0 bridgehead atoms. The highest BCUT2D eigenvalue weighted by Gasteiger charge is 2.12. The Morgan fingerprint density at radius 3 is 1.55 bits per heavy atom. The van der Waals surface area contributed by atoms with E-state index in [-0.39, 0.29) is 7.43 Å². The Balaban J connectivity index is -0.000000259. The smallest absolute Gasteiger partial charge is 0.0234 e. The molecule has 0 saturated carbocycles.